The first kappa shape index (κ1) is 17.0. The Bertz CT molecular complexity index is 559. The number of anilines is 1. The van der Waals surface area contributed by atoms with Gasteiger partial charge in [0.05, 0.1) is 0 Å². The van der Waals surface area contributed by atoms with E-state index >= 15 is 0 Å². The minimum Gasteiger partial charge on any atom is -0.372 e. The second-order valence-electron chi connectivity index (χ2n) is 5.64. The Labute approximate surface area is 142 Å². The molecule has 2 nitrogen and oxygen atoms in total. The second-order valence-corrected chi connectivity index (χ2v) is 6.55. The quantitative estimate of drug-likeness (QED) is 0.690. The Morgan fingerprint density at radius 3 is 1.68 bits per heavy atom. The van der Waals surface area contributed by atoms with Crippen molar-refractivity contribution in [2.75, 3.05) is 25.0 Å². The van der Waals surface area contributed by atoms with Crippen molar-refractivity contribution in [3.05, 3.63) is 64.1 Å². The molecule has 0 aromatic heterocycles. The summed E-state index contributed by atoms with van der Waals surface area (Å²) >= 11 is 3.48. The van der Waals surface area contributed by atoms with Crippen LogP contribution >= 0.6 is 15.9 Å². The van der Waals surface area contributed by atoms with Gasteiger partial charge in [0, 0.05) is 36.3 Å². The Kier molecular flexibility index (Phi) is 6.47. The zero-order valence-electron chi connectivity index (χ0n) is 13.7. The van der Waals surface area contributed by atoms with Crippen LogP contribution in [0.1, 0.15) is 25.0 Å². The normalized spacial score (nSPS) is 11.0. The minimum atomic E-state index is 0.963. The van der Waals surface area contributed by atoms with Gasteiger partial charge in [0.15, 0.2) is 0 Å². The summed E-state index contributed by atoms with van der Waals surface area (Å²) in [7, 11) is 2.17. The highest BCUT2D eigenvalue weighted by molar-refractivity contribution is 9.10. The monoisotopic (exact) mass is 360 g/mol. The fourth-order valence-electron chi connectivity index (χ4n) is 2.67. The van der Waals surface area contributed by atoms with E-state index in [1.54, 1.807) is 0 Å². The zero-order chi connectivity index (χ0) is 15.9. The lowest BCUT2D eigenvalue weighted by Gasteiger charge is -2.22. The maximum Gasteiger partial charge on any atom is 0.0366 e. The van der Waals surface area contributed by atoms with Gasteiger partial charge in [0.2, 0.25) is 0 Å². The van der Waals surface area contributed by atoms with Crippen LogP contribution in [-0.4, -0.2) is 25.0 Å². The van der Waals surface area contributed by atoms with Gasteiger partial charge in [-0.05, 0) is 56.3 Å². The van der Waals surface area contributed by atoms with E-state index in [9.17, 15) is 0 Å². The zero-order valence-corrected chi connectivity index (χ0v) is 15.3. The molecule has 2 aromatic carbocycles. The predicted molar refractivity (Wildman–Crippen MR) is 99.3 cm³/mol. The second kappa shape index (κ2) is 8.35. The summed E-state index contributed by atoms with van der Waals surface area (Å²) in [5, 5.41) is 0. The summed E-state index contributed by atoms with van der Waals surface area (Å²) in [5.41, 5.74) is 4.00. The van der Waals surface area contributed by atoms with E-state index in [2.05, 4.69) is 95.2 Å². The van der Waals surface area contributed by atoms with Crippen LogP contribution in [0.25, 0.3) is 0 Å². The SMILES string of the molecule is CCN(CC)c1ccc(CN(C)Cc2ccc(Br)cc2)cc1. The number of hydrogen-bond donors (Lipinski definition) is 0. The van der Waals surface area contributed by atoms with Crippen molar-refractivity contribution in [2.24, 2.45) is 0 Å². The molecule has 118 valence electrons. The van der Waals surface area contributed by atoms with E-state index in [0.717, 1.165) is 30.7 Å². The maximum absolute atomic E-state index is 3.48. The highest BCUT2D eigenvalue weighted by atomic mass is 79.9. The number of halogens is 1. The standard InChI is InChI=1S/C19H25BrN2/c1-4-22(5-2)19-12-8-17(9-13-19)15-21(3)14-16-6-10-18(20)11-7-16/h6-13H,4-5,14-15H2,1-3H3. The third kappa shape index (κ3) is 4.85. The van der Waals surface area contributed by atoms with Crippen LogP contribution < -0.4 is 4.90 Å². The molecule has 3 heteroatoms. The third-order valence-corrected chi connectivity index (χ3v) is 4.41. The number of rotatable bonds is 7. The highest BCUT2D eigenvalue weighted by Gasteiger charge is 2.04. The van der Waals surface area contributed by atoms with E-state index in [0.29, 0.717) is 0 Å². The van der Waals surface area contributed by atoms with Crippen LogP contribution in [0.5, 0.6) is 0 Å². The molecule has 0 unspecified atom stereocenters. The van der Waals surface area contributed by atoms with Gasteiger partial charge in [-0.3, -0.25) is 4.90 Å². The fraction of sp³-hybridized carbons (Fsp3) is 0.368. The van der Waals surface area contributed by atoms with E-state index in [1.807, 2.05) is 0 Å². The maximum atomic E-state index is 3.48. The van der Waals surface area contributed by atoms with Crippen molar-refractivity contribution < 1.29 is 0 Å². The molecule has 0 aliphatic rings. The molecule has 22 heavy (non-hydrogen) atoms. The molecule has 0 aliphatic heterocycles. The van der Waals surface area contributed by atoms with Gasteiger partial charge < -0.3 is 4.90 Å². The van der Waals surface area contributed by atoms with Gasteiger partial charge >= 0.3 is 0 Å². The Morgan fingerprint density at radius 1 is 0.773 bits per heavy atom. The summed E-state index contributed by atoms with van der Waals surface area (Å²) in [5.74, 6) is 0. The molecule has 0 N–H and O–H groups in total. The van der Waals surface area contributed by atoms with Crippen molar-refractivity contribution in [2.45, 2.75) is 26.9 Å². The number of nitrogens with zero attached hydrogens (tertiary/aromatic N) is 2. The molecule has 2 rings (SSSR count). The molecule has 0 atom stereocenters. The molecule has 0 radical (unpaired) electrons. The molecular formula is C19H25BrN2. The summed E-state index contributed by atoms with van der Waals surface area (Å²) in [4.78, 5) is 4.71. The molecule has 0 spiro atoms. The van der Waals surface area contributed by atoms with Crippen molar-refractivity contribution in [3.63, 3.8) is 0 Å². The lowest BCUT2D eigenvalue weighted by molar-refractivity contribution is 0.319. The average Bonchev–Trinajstić information content (AvgIpc) is 2.52. The van der Waals surface area contributed by atoms with Crippen LogP contribution in [0.3, 0.4) is 0 Å². The summed E-state index contributed by atoms with van der Waals surface area (Å²) in [6.45, 7) is 8.44. The average molecular weight is 361 g/mol. The summed E-state index contributed by atoms with van der Waals surface area (Å²) in [6, 6.07) is 17.5. The molecule has 2 aromatic rings. The molecule has 0 saturated heterocycles. The van der Waals surface area contributed by atoms with E-state index in [-0.39, 0.29) is 0 Å². The molecule has 0 fully saturated rings. The van der Waals surface area contributed by atoms with E-state index < -0.39 is 0 Å². The van der Waals surface area contributed by atoms with Crippen molar-refractivity contribution in [1.29, 1.82) is 0 Å². The number of hydrogen-bond acceptors (Lipinski definition) is 2. The summed E-state index contributed by atoms with van der Waals surface area (Å²) in [6.07, 6.45) is 0. The molecular weight excluding hydrogens is 336 g/mol. The van der Waals surface area contributed by atoms with Crippen LogP contribution in [-0.2, 0) is 13.1 Å². The van der Waals surface area contributed by atoms with Gasteiger partial charge in [-0.1, -0.05) is 40.2 Å². The van der Waals surface area contributed by atoms with Gasteiger partial charge in [0.1, 0.15) is 0 Å². The predicted octanol–water partition coefficient (Wildman–Crippen LogP) is 4.93. The first-order valence-electron chi connectivity index (χ1n) is 7.89. The molecule has 0 bridgehead atoms. The highest BCUT2D eigenvalue weighted by Crippen LogP contribution is 2.17. The smallest absolute Gasteiger partial charge is 0.0366 e. The van der Waals surface area contributed by atoms with E-state index in [1.165, 1.54) is 16.8 Å². The van der Waals surface area contributed by atoms with E-state index in [4.69, 9.17) is 0 Å². The molecule has 0 heterocycles. The van der Waals surface area contributed by atoms with Crippen molar-refractivity contribution in [3.8, 4) is 0 Å². The Hall–Kier alpha value is -1.32. The largest absolute Gasteiger partial charge is 0.372 e. The lowest BCUT2D eigenvalue weighted by Crippen LogP contribution is -2.22. The van der Waals surface area contributed by atoms with Gasteiger partial charge in [-0.2, -0.15) is 0 Å². The molecule has 0 amide bonds. The first-order valence-corrected chi connectivity index (χ1v) is 8.68. The molecule has 0 aliphatic carbocycles. The number of benzene rings is 2. The third-order valence-electron chi connectivity index (χ3n) is 3.88. The fourth-order valence-corrected chi connectivity index (χ4v) is 2.93. The van der Waals surface area contributed by atoms with Gasteiger partial charge in [0.25, 0.3) is 0 Å². The van der Waals surface area contributed by atoms with Crippen LogP contribution in [0, 0.1) is 0 Å². The summed E-state index contributed by atoms with van der Waals surface area (Å²) < 4.78 is 1.13. The Balaban J connectivity index is 1.93. The lowest BCUT2D eigenvalue weighted by atomic mass is 10.1. The van der Waals surface area contributed by atoms with Gasteiger partial charge in [-0.25, -0.2) is 0 Å². The minimum absolute atomic E-state index is 0.963. The topological polar surface area (TPSA) is 6.48 Å². The van der Waals surface area contributed by atoms with Crippen molar-refractivity contribution in [1.82, 2.24) is 4.90 Å². The Morgan fingerprint density at radius 2 is 1.23 bits per heavy atom. The van der Waals surface area contributed by atoms with Gasteiger partial charge in [-0.15, -0.1) is 0 Å². The first-order chi connectivity index (χ1) is 10.6. The van der Waals surface area contributed by atoms with Crippen LogP contribution in [0.2, 0.25) is 0 Å². The van der Waals surface area contributed by atoms with Crippen molar-refractivity contribution >= 4 is 21.6 Å². The van der Waals surface area contributed by atoms with Crippen LogP contribution in [0.4, 0.5) is 5.69 Å². The molecule has 0 saturated carbocycles. The van der Waals surface area contributed by atoms with Crippen LogP contribution in [0.15, 0.2) is 53.0 Å².